The third kappa shape index (κ3) is 1.91. The molecule has 0 bridgehead atoms. The van der Waals surface area contributed by atoms with E-state index in [1.807, 2.05) is 18.4 Å². The molecule has 0 aromatic carbocycles. The largest absolute Gasteiger partial charge is 0.421 e. The van der Waals surface area contributed by atoms with Crippen molar-refractivity contribution < 1.29 is 4.42 Å². The van der Waals surface area contributed by atoms with Gasteiger partial charge in [-0.2, -0.15) is 0 Å². The fourth-order valence-electron chi connectivity index (χ4n) is 0.935. The first kappa shape index (κ1) is 9.14. The topological polar surface area (TPSA) is 38.9 Å². The average Bonchev–Trinajstić information content (AvgIpc) is 2.71. The molecule has 68 valence electrons. The number of aryl methyl sites for hydroxylation is 1. The molecule has 0 N–H and O–H groups in total. The molecule has 2 rings (SSSR count). The number of rotatable bonds is 2. The molecule has 0 aliphatic carbocycles. The summed E-state index contributed by atoms with van der Waals surface area (Å²) in [4.78, 5) is 0. The summed E-state index contributed by atoms with van der Waals surface area (Å²) in [5.74, 6) is 1.31. The average molecular weight is 306 g/mol. The Morgan fingerprint density at radius 2 is 2.38 bits per heavy atom. The maximum atomic E-state index is 5.41. The lowest BCUT2D eigenvalue weighted by Gasteiger charge is -1.85. The van der Waals surface area contributed by atoms with Crippen LogP contribution in [0.5, 0.6) is 0 Å². The van der Waals surface area contributed by atoms with Gasteiger partial charge in [-0.05, 0) is 28.7 Å². The molecule has 0 spiro atoms. The molecule has 2 heterocycles. The van der Waals surface area contributed by atoms with Gasteiger partial charge in [-0.25, -0.2) is 0 Å². The van der Waals surface area contributed by atoms with Crippen LogP contribution in [0.1, 0.15) is 12.8 Å². The van der Waals surface area contributed by atoms with Crippen molar-refractivity contribution in [3.8, 4) is 11.5 Å². The van der Waals surface area contributed by atoms with Crippen molar-refractivity contribution in [3.05, 3.63) is 20.2 Å². The highest BCUT2D eigenvalue weighted by molar-refractivity contribution is 14.1. The molecular formula is C8H7IN2OS. The molecule has 2 aromatic heterocycles. The number of halogens is 1. The Bertz CT molecular complexity index is 410. The van der Waals surface area contributed by atoms with Crippen LogP contribution in [0, 0.1) is 2.88 Å². The van der Waals surface area contributed by atoms with Gasteiger partial charge in [0, 0.05) is 11.8 Å². The highest BCUT2D eigenvalue weighted by Crippen LogP contribution is 2.25. The van der Waals surface area contributed by atoms with Crippen LogP contribution in [0.15, 0.2) is 15.9 Å². The highest BCUT2D eigenvalue weighted by Gasteiger charge is 2.08. The van der Waals surface area contributed by atoms with Crippen LogP contribution in [0.4, 0.5) is 0 Å². The van der Waals surface area contributed by atoms with Gasteiger partial charge in [0.05, 0.1) is 8.45 Å². The van der Waals surface area contributed by atoms with Gasteiger partial charge in [-0.15, -0.1) is 21.5 Å². The van der Waals surface area contributed by atoms with Crippen LogP contribution in [0.2, 0.25) is 0 Å². The van der Waals surface area contributed by atoms with Gasteiger partial charge in [0.15, 0.2) is 0 Å². The van der Waals surface area contributed by atoms with Crippen molar-refractivity contribution in [2.45, 2.75) is 13.3 Å². The summed E-state index contributed by atoms with van der Waals surface area (Å²) in [6, 6.07) is 2.04. The predicted molar refractivity (Wildman–Crippen MR) is 59.7 cm³/mol. The van der Waals surface area contributed by atoms with E-state index in [-0.39, 0.29) is 0 Å². The van der Waals surface area contributed by atoms with Crippen LogP contribution < -0.4 is 0 Å². The van der Waals surface area contributed by atoms with Crippen LogP contribution in [0.3, 0.4) is 0 Å². The van der Waals surface area contributed by atoms with Crippen molar-refractivity contribution >= 4 is 33.9 Å². The second-order valence-electron chi connectivity index (χ2n) is 2.49. The first-order valence-corrected chi connectivity index (χ1v) is 5.82. The molecule has 0 unspecified atom stereocenters. The second-order valence-corrected chi connectivity index (χ2v) is 5.30. The van der Waals surface area contributed by atoms with E-state index in [4.69, 9.17) is 4.42 Å². The van der Waals surface area contributed by atoms with Gasteiger partial charge < -0.3 is 4.42 Å². The number of thiophene rings is 1. The predicted octanol–water partition coefficient (Wildman–Crippen LogP) is 2.97. The van der Waals surface area contributed by atoms with E-state index in [1.54, 1.807) is 11.3 Å². The third-order valence-corrected chi connectivity index (χ3v) is 3.37. The highest BCUT2D eigenvalue weighted by atomic mass is 127. The summed E-state index contributed by atoms with van der Waals surface area (Å²) >= 11 is 3.95. The Morgan fingerprint density at radius 3 is 2.92 bits per heavy atom. The second kappa shape index (κ2) is 3.75. The van der Waals surface area contributed by atoms with Gasteiger partial charge in [0.25, 0.3) is 0 Å². The lowest BCUT2D eigenvalue weighted by Crippen LogP contribution is -1.76. The smallest absolute Gasteiger partial charge is 0.248 e. The maximum Gasteiger partial charge on any atom is 0.248 e. The molecule has 13 heavy (non-hydrogen) atoms. The van der Waals surface area contributed by atoms with E-state index >= 15 is 0 Å². The minimum atomic E-state index is 0.621. The summed E-state index contributed by atoms with van der Waals surface area (Å²) in [6.07, 6.45) is 0.786. The molecule has 0 fully saturated rings. The minimum Gasteiger partial charge on any atom is -0.421 e. The van der Waals surface area contributed by atoms with E-state index in [9.17, 15) is 0 Å². The lowest BCUT2D eigenvalue weighted by molar-refractivity contribution is 0.513. The normalized spacial score (nSPS) is 10.6. The van der Waals surface area contributed by atoms with Crippen LogP contribution in [0.25, 0.3) is 11.5 Å². The Morgan fingerprint density at radius 1 is 1.54 bits per heavy atom. The first-order valence-electron chi connectivity index (χ1n) is 3.86. The molecule has 0 aliphatic heterocycles. The Kier molecular flexibility index (Phi) is 2.63. The fraction of sp³-hybridized carbons (Fsp3) is 0.250. The number of hydrogen-bond acceptors (Lipinski definition) is 4. The molecule has 5 heteroatoms. The monoisotopic (exact) mass is 306 g/mol. The van der Waals surface area contributed by atoms with Crippen LogP contribution >= 0.6 is 33.9 Å². The zero-order chi connectivity index (χ0) is 9.26. The molecule has 0 atom stereocenters. The SMILES string of the molecule is CCc1nnc(-c2csc(I)c2)o1. The summed E-state index contributed by atoms with van der Waals surface area (Å²) in [5.41, 5.74) is 1.02. The molecule has 0 saturated carbocycles. The van der Waals surface area contributed by atoms with E-state index in [0.717, 1.165) is 12.0 Å². The minimum absolute atomic E-state index is 0.621. The quantitative estimate of drug-likeness (QED) is 0.801. The number of aromatic nitrogens is 2. The van der Waals surface area contributed by atoms with E-state index in [1.165, 1.54) is 2.88 Å². The standard InChI is InChI=1S/C8H7IN2OS/c1-2-7-10-11-8(12-7)5-3-6(9)13-4-5/h3-4H,2H2,1H3. The summed E-state index contributed by atoms with van der Waals surface area (Å²) in [7, 11) is 0. The third-order valence-electron chi connectivity index (χ3n) is 1.58. The van der Waals surface area contributed by atoms with Crippen LogP contribution in [-0.2, 0) is 6.42 Å². The fourth-order valence-corrected chi connectivity index (χ4v) is 2.26. The molecule has 2 aromatic rings. The van der Waals surface area contributed by atoms with E-state index < -0.39 is 0 Å². The zero-order valence-electron chi connectivity index (χ0n) is 6.95. The molecule has 3 nitrogen and oxygen atoms in total. The lowest BCUT2D eigenvalue weighted by atomic mass is 10.3. The molecule has 0 amide bonds. The molecular weight excluding hydrogens is 299 g/mol. The van der Waals surface area contributed by atoms with Crippen molar-refractivity contribution in [3.63, 3.8) is 0 Å². The summed E-state index contributed by atoms with van der Waals surface area (Å²) < 4.78 is 6.64. The van der Waals surface area contributed by atoms with Crippen molar-refractivity contribution in [2.24, 2.45) is 0 Å². The number of hydrogen-bond donors (Lipinski definition) is 0. The van der Waals surface area contributed by atoms with E-state index in [2.05, 4.69) is 32.8 Å². The zero-order valence-corrected chi connectivity index (χ0v) is 9.92. The summed E-state index contributed by atoms with van der Waals surface area (Å²) in [6.45, 7) is 1.99. The van der Waals surface area contributed by atoms with Gasteiger partial charge in [-0.3, -0.25) is 0 Å². The molecule has 0 aliphatic rings. The Labute approximate surface area is 93.3 Å². The molecule has 0 saturated heterocycles. The van der Waals surface area contributed by atoms with Gasteiger partial charge in [-0.1, -0.05) is 6.92 Å². The van der Waals surface area contributed by atoms with Crippen molar-refractivity contribution in [2.75, 3.05) is 0 Å². The Hall–Kier alpha value is -0.430. The first-order chi connectivity index (χ1) is 6.29. The van der Waals surface area contributed by atoms with Gasteiger partial charge in [0.2, 0.25) is 11.8 Å². The van der Waals surface area contributed by atoms with Gasteiger partial charge >= 0.3 is 0 Å². The van der Waals surface area contributed by atoms with Gasteiger partial charge in [0.1, 0.15) is 0 Å². The summed E-state index contributed by atoms with van der Waals surface area (Å²) in [5, 5.41) is 9.89. The Balaban J connectivity index is 2.35. The van der Waals surface area contributed by atoms with Crippen molar-refractivity contribution in [1.29, 1.82) is 0 Å². The molecule has 0 radical (unpaired) electrons. The van der Waals surface area contributed by atoms with E-state index in [0.29, 0.717) is 11.8 Å². The van der Waals surface area contributed by atoms with Crippen LogP contribution in [-0.4, -0.2) is 10.2 Å². The van der Waals surface area contributed by atoms with Crippen molar-refractivity contribution in [1.82, 2.24) is 10.2 Å². The number of nitrogens with zero attached hydrogens (tertiary/aromatic N) is 2. The maximum absolute atomic E-state index is 5.41.